The van der Waals surface area contributed by atoms with Crippen molar-refractivity contribution in [3.63, 3.8) is 0 Å². The Labute approximate surface area is 153 Å². The smallest absolute Gasteiger partial charge is 0.0721 e. The zero-order valence-electron chi connectivity index (χ0n) is 16.0. The summed E-state index contributed by atoms with van der Waals surface area (Å²) in [6, 6.07) is 0. The predicted octanol–water partition coefficient (Wildman–Crippen LogP) is 3.60. The molecule has 146 valence electrons. The zero-order chi connectivity index (χ0) is 18.5. The summed E-state index contributed by atoms with van der Waals surface area (Å²) in [4.78, 5) is 0. The molecular weight excluding hydrogens is 316 g/mol. The number of methoxy groups -OCH3 is 1. The number of hydrogen-bond acceptors (Lipinski definition) is 4. The summed E-state index contributed by atoms with van der Waals surface area (Å²) in [7, 11) is 1.72. The van der Waals surface area contributed by atoms with Gasteiger partial charge in [-0.2, -0.15) is 0 Å². The van der Waals surface area contributed by atoms with E-state index in [0.717, 1.165) is 58.0 Å². The molecule has 1 aliphatic carbocycles. The fourth-order valence-electron chi connectivity index (χ4n) is 3.54. The van der Waals surface area contributed by atoms with Crippen LogP contribution in [0.5, 0.6) is 0 Å². The van der Waals surface area contributed by atoms with Crippen LogP contribution in [0, 0.1) is 11.8 Å². The Kier molecular flexibility index (Phi) is 12.1. The highest BCUT2D eigenvalue weighted by Gasteiger charge is 2.39. The number of aliphatic hydroxyl groups excluding tert-OH is 3. The lowest BCUT2D eigenvalue weighted by molar-refractivity contribution is 0.120. The molecule has 1 rings (SSSR count). The summed E-state index contributed by atoms with van der Waals surface area (Å²) in [6.45, 7) is 2.95. The van der Waals surface area contributed by atoms with Gasteiger partial charge >= 0.3 is 0 Å². The Morgan fingerprint density at radius 2 is 1.88 bits per heavy atom. The maximum Gasteiger partial charge on any atom is 0.0721 e. The van der Waals surface area contributed by atoms with E-state index in [-0.39, 0.29) is 11.8 Å². The Morgan fingerprint density at radius 1 is 1.08 bits per heavy atom. The van der Waals surface area contributed by atoms with E-state index in [4.69, 9.17) is 4.74 Å². The van der Waals surface area contributed by atoms with Gasteiger partial charge in [0.15, 0.2) is 0 Å². The van der Waals surface area contributed by atoms with Gasteiger partial charge in [0.2, 0.25) is 0 Å². The second-order valence-electron chi connectivity index (χ2n) is 7.26. The lowest BCUT2D eigenvalue weighted by Gasteiger charge is -2.19. The van der Waals surface area contributed by atoms with E-state index in [9.17, 15) is 15.3 Å². The van der Waals surface area contributed by atoms with Crippen LogP contribution in [-0.2, 0) is 4.74 Å². The van der Waals surface area contributed by atoms with Crippen LogP contribution < -0.4 is 0 Å². The molecule has 0 aromatic carbocycles. The quantitative estimate of drug-likeness (QED) is 0.349. The van der Waals surface area contributed by atoms with Gasteiger partial charge in [-0.05, 0) is 38.0 Å². The van der Waals surface area contributed by atoms with E-state index in [0.29, 0.717) is 6.42 Å². The molecule has 0 amide bonds. The van der Waals surface area contributed by atoms with Crippen molar-refractivity contribution in [2.45, 2.75) is 83.0 Å². The Morgan fingerprint density at radius 3 is 2.60 bits per heavy atom. The van der Waals surface area contributed by atoms with E-state index >= 15 is 0 Å². The van der Waals surface area contributed by atoms with Gasteiger partial charge in [0, 0.05) is 26.1 Å². The molecule has 0 aromatic rings. The number of unbranched alkanes of at least 4 members (excludes halogenated alkanes) is 4. The third kappa shape index (κ3) is 9.00. The highest BCUT2D eigenvalue weighted by Crippen LogP contribution is 2.36. The average Bonchev–Trinajstić information content (AvgIpc) is 2.85. The summed E-state index contributed by atoms with van der Waals surface area (Å²) in [5, 5.41) is 30.5. The van der Waals surface area contributed by atoms with Gasteiger partial charge in [-0.3, -0.25) is 0 Å². The van der Waals surface area contributed by atoms with Crippen LogP contribution in [0.3, 0.4) is 0 Å². The molecule has 0 heterocycles. The molecule has 25 heavy (non-hydrogen) atoms. The largest absolute Gasteiger partial charge is 0.393 e. The highest BCUT2D eigenvalue weighted by molar-refractivity contribution is 5.06. The van der Waals surface area contributed by atoms with Crippen molar-refractivity contribution >= 4 is 0 Å². The van der Waals surface area contributed by atoms with Crippen molar-refractivity contribution in [3.8, 4) is 0 Å². The molecule has 4 heteroatoms. The monoisotopic (exact) mass is 354 g/mol. The van der Waals surface area contributed by atoms with Crippen molar-refractivity contribution < 1.29 is 20.1 Å². The van der Waals surface area contributed by atoms with Crippen molar-refractivity contribution in [2.24, 2.45) is 11.8 Å². The second kappa shape index (κ2) is 13.5. The van der Waals surface area contributed by atoms with E-state index in [1.807, 2.05) is 12.2 Å². The van der Waals surface area contributed by atoms with Gasteiger partial charge in [0.1, 0.15) is 0 Å². The summed E-state index contributed by atoms with van der Waals surface area (Å²) < 4.78 is 5.03. The van der Waals surface area contributed by atoms with Gasteiger partial charge in [0.05, 0.1) is 18.3 Å². The fourth-order valence-corrected chi connectivity index (χ4v) is 3.54. The standard InChI is InChI=1S/C21H38O4/c1-3-4-8-11-17(22)13-14-19-18(20(23)16-21(19)24)12-9-6-5-7-10-15-25-2/h6,9,13-14,17-24H,3-5,7-8,10-12,15-16H2,1-2H3/b9-6-,14-13+/t17-,18+,19+,20-,21-/m0/s1. The van der Waals surface area contributed by atoms with E-state index in [1.54, 1.807) is 7.11 Å². The Balaban J connectivity index is 2.42. The molecular formula is C21H38O4. The minimum atomic E-state index is -0.519. The van der Waals surface area contributed by atoms with Crippen molar-refractivity contribution in [2.75, 3.05) is 13.7 Å². The van der Waals surface area contributed by atoms with Crippen LogP contribution >= 0.6 is 0 Å². The SMILES string of the molecule is CCCCC[C@H](O)/C=C/[C@@H]1[C@@H](C/C=C\CCCCOC)[C@@H](O)C[C@@H]1O. The summed E-state index contributed by atoms with van der Waals surface area (Å²) in [6.07, 6.45) is 15.0. The molecule has 1 aliphatic rings. The lowest BCUT2D eigenvalue weighted by atomic mass is 9.89. The first kappa shape index (κ1) is 22.4. The van der Waals surface area contributed by atoms with Crippen LogP contribution in [0.4, 0.5) is 0 Å². The van der Waals surface area contributed by atoms with Crippen molar-refractivity contribution in [1.82, 2.24) is 0 Å². The molecule has 0 bridgehead atoms. The zero-order valence-corrected chi connectivity index (χ0v) is 16.0. The predicted molar refractivity (Wildman–Crippen MR) is 102 cm³/mol. The van der Waals surface area contributed by atoms with Crippen molar-refractivity contribution in [3.05, 3.63) is 24.3 Å². The Hall–Kier alpha value is -0.680. The van der Waals surface area contributed by atoms with Gasteiger partial charge in [-0.25, -0.2) is 0 Å². The van der Waals surface area contributed by atoms with Gasteiger partial charge in [0.25, 0.3) is 0 Å². The molecule has 0 unspecified atom stereocenters. The fraction of sp³-hybridized carbons (Fsp3) is 0.810. The highest BCUT2D eigenvalue weighted by atomic mass is 16.5. The van der Waals surface area contributed by atoms with Crippen LogP contribution in [0.2, 0.25) is 0 Å². The van der Waals surface area contributed by atoms with E-state index in [2.05, 4.69) is 19.1 Å². The number of ether oxygens (including phenoxy) is 1. The summed E-state index contributed by atoms with van der Waals surface area (Å²) >= 11 is 0. The number of hydrogen-bond donors (Lipinski definition) is 3. The summed E-state index contributed by atoms with van der Waals surface area (Å²) in [5.41, 5.74) is 0. The van der Waals surface area contributed by atoms with Gasteiger partial charge < -0.3 is 20.1 Å². The molecule has 0 radical (unpaired) electrons. The minimum Gasteiger partial charge on any atom is -0.393 e. The molecule has 1 saturated carbocycles. The Bertz CT molecular complexity index is 380. The average molecular weight is 355 g/mol. The van der Waals surface area contributed by atoms with E-state index < -0.39 is 18.3 Å². The second-order valence-corrected chi connectivity index (χ2v) is 7.26. The normalized spacial score (nSPS) is 28.4. The topological polar surface area (TPSA) is 69.9 Å². The van der Waals surface area contributed by atoms with E-state index in [1.165, 1.54) is 0 Å². The van der Waals surface area contributed by atoms with Gasteiger partial charge in [-0.1, -0.05) is 50.5 Å². The molecule has 5 atom stereocenters. The van der Waals surface area contributed by atoms with Crippen LogP contribution in [0.15, 0.2) is 24.3 Å². The maximum absolute atomic E-state index is 10.2. The molecule has 4 nitrogen and oxygen atoms in total. The molecule has 0 spiro atoms. The first-order chi connectivity index (χ1) is 12.1. The van der Waals surface area contributed by atoms with Gasteiger partial charge in [-0.15, -0.1) is 0 Å². The number of rotatable bonds is 13. The van der Waals surface area contributed by atoms with Crippen LogP contribution in [0.25, 0.3) is 0 Å². The molecule has 0 aliphatic heterocycles. The summed E-state index contributed by atoms with van der Waals surface area (Å²) in [5.74, 6) is -0.0433. The number of aliphatic hydroxyl groups is 3. The first-order valence-electron chi connectivity index (χ1n) is 9.96. The third-order valence-corrected chi connectivity index (χ3v) is 5.12. The molecule has 0 aromatic heterocycles. The lowest BCUT2D eigenvalue weighted by Crippen LogP contribution is -2.20. The third-order valence-electron chi connectivity index (χ3n) is 5.12. The maximum atomic E-state index is 10.2. The van der Waals surface area contributed by atoms with Crippen LogP contribution in [-0.4, -0.2) is 47.3 Å². The molecule has 3 N–H and O–H groups in total. The molecule has 0 saturated heterocycles. The number of allylic oxidation sites excluding steroid dienone is 2. The first-order valence-corrected chi connectivity index (χ1v) is 9.96. The molecule has 1 fully saturated rings. The minimum absolute atomic E-state index is 0.0318. The van der Waals surface area contributed by atoms with Crippen LogP contribution in [0.1, 0.15) is 64.7 Å². The van der Waals surface area contributed by atoms with Crippen molar-refractivity contribution in [1.29, 1.82) is 0 Å².